The average Bonchev–Trinajstić information content (AvgIpc) is 2.24. The van der Waals surface area contributed by atoms with Crippen molar-refractivity contribution < 1.29 is 97.4 Å². The largest absolute Gasteiger partial charge is 1.00 e. The number of halogens is 9. The summed E-state index contributed by atoms with van der Waals surface area (Å²) in [4.78, 5) is 30.8. The molecule has 23 heavy (non-hydrogen) atoms. The maximum Gasteiger partial charge on any atom is 1.00 e. The van der Waals surface area contributed by atoms with E-state index in [-0.39, 0.29) is 29.6 Å². The molecule has 0 aromatic rings. The molecule has 0 radical (unpaired) electrons. The van der Waals surface area contributed by atoms with Gasteiger partial charge in [0.2, 0.25) is 0 Å². The van der Waals surface area contributed by atoms with Crippen molar-refractivity contribution in [2.45, 2.75) is 18.5 Å². The van der Waals surface area contributed by atoms with Crippen LogP contribution >= 0.6 is 0 Å². The first-order valence-corrected chi connectivity index (χ1v) is 4.54. The zero-order valence-electron chi connectivity index (χ0n) is 10.6. The minimum absolute atomic E-state index is 0. The Hall–Kier alpha value is -1.16. The maximum absolute atomic E-state index is 11.8. The monoisotopic (exact) mass is 374 g/mol. The quantitative estimate of drug-likeness (QED) is 0.421. The molecular weight excluding hydrogens is 373 g/mol. The van der Waals surface area contributed by atoms with Gasteiger partial charge < -0.3 is 14.0 Å². The third kappa shape index (κ3) is 8.90. The SMILES string of the molecule is O=C(O[BH-](OC(=O)C(F)(F)F)OC(=O)C(F)(F)F)C(F)(F)F.[Na+]. The number of carbonyl (C=O) groups is 3. The predicted octanol–water partition coefficient (Wildman–Crippen LogP) is -1.98. The van der Waals surface area contributed by atoms with Crippen molar-refractivity contribution in [2.24, 2.45) is 0 Å². The zero-order valence-corrected chi connectivity index (χ0v) is 12.6. The Kier molecular flexibility index (Phi) is 8.48. The molecule has 0 aromatic carbocycles. The molecule has 0 rings (SSSR count). The summed E-state index contributed by atoms with van der Waals surface area (Å²) in [6.07, 6.45) is -17.6. The Bertz CT molecular complexity index is 390. The summed E-state index contributed by atoms with van der Waals surface area (Å²) in [5, 5.41) is 0. The molecule has 0 bridgehead atoms. The maximum atomic E-state index is 11.8. The van der Waals surface area contributed by atoms with Crippen LogP contribution in [-0.2, 0) is 28.3 Å². The molecule has 0 aliphatic rings. The van der Waals surface area contributed by atoms with Gasteiger partial charge in [-0.2, -0.15) is 39.5 Å². The molecule has 17 heteroatoms. The van der Waals surface area contributed by atoms with Gasteiger partial charge in [0.1, 0.15) is 0 Å². The van der Waals surface area contributed by atoms with Crippen LogP contribution in [0.1, 0.15) is 0 Å². The third-order valence-electron chi connectivity index (χ3n) is 1.44. The van der Waals surface area contributed by atoms with Crippen LogP contribution < -0.4 is 29.6 Å². The summed E-state index contributed by atoms with van der Waals surface area (Å²) in [5.41, 5.74) is 0. The molecule has 0 heterocycles. The van der Waals surface area contributed by atoms with E-state index in [1.807, 2.05) is 0 Å². The predicted molar refractivity (Wildman–Crippen MR) is 43.6 cm³/mol. The molecule has 0 atom stereocenters. The minimum atomic E-state index is -5.86. The standard InChI is InChI=1S/C6HBF9O6.Na/c8-4(9,10)1(17)20-7(21-2(18)5(11,12)13)22-3(19)6(14,15)16;/h7H;/q-1;+1. The van der Waals surface area contributed by atoms with Gasteiger partial charge in [0.15, 0.2) is 0 Å². The van der Waals surface area contributed by atoms with E-state index < -0.39 is 43.8 Å². The molecule has 0 aliphatic carbocycles. The van der Waals surface area contributed by atoms with E-state index in [0.29, 0.717) is 0 Å². The average molecular weight is 374 g/mol. The van der Waals surface area contributed by atoms with Crippen molar-refractivity contribution in [2.75, 3.05) is 0 Å². The third-order valence-corrected chi connectivity index (χ3v) is 1.44. The van der Waals surface area contributed by atoms with Crippen LogP contribution in [0.2, 0.25) is 0 Å². The van der Waals surface area contributed by atoms with Crippen LogP contribution in [-0.4, -0.2) is 43.8 Å². The molecule has 6 nitrogen and oxygen atoms in total. The summed E-state index contributed by atoms with van der Waals surface area (Å²) in [6, 6.07) is 0. The number of rotatable bonds is 3. The fourth-order valence-electron chi connectivity index (χ4n) is 0.655. The van der Waals surface area contributed by atoms with Crippen LogP contribution in [0.4, 0.5) is 39.5 Å². The Balaban J connectivity index is 0. The van der Waals surface area contributed by atoms with Crippen molar-refractivity contribution in [3.05, 3.63) is 0 Å². The Morgan fingerprint density at radius 2 is 0.739 bits per heavy atom. The van der Waals surface area contributed by atoms with Gasteiger partial charge in [0, 0.05) is 0 Å². The number of carbonyl (C=O) groups excluding carboxylic acids is 3. The van der Waals surface area contributed by atoms with Gasteiger partial charge in [-0.3, -0.25) is 0 Å². The van der Waals surface area contributed by atoms with Crippen LogP contribution in [0.3, 0.4) is 0 Å². The Labute approximate surface area is 141 Å². The second-order valence-electron chi connectivity index (χ2n) is 3.14. The first-order chi connectivity index (χ1) is 9.55. The van der Waals surface area contributed by atoms with Crippen LogP contribution in [0.25, 0.3) is 0 Å². The minimum Gasteiger partial charge on any atom is -0.619 e. The molecule has 0 N–H and O–H groups in total. The van der Waals surface area contributed by atoms with E-state index in [2.05, 4.69) is 14.0 Å². The molecule has 0 saturated carbocycles. The van der Waals surface area contributed by atoms with Gasteiger partial charge in [-0.25, -0.2) is 14.4 Å². The fraction of sp³-hybridized carbons (Fsp3) is 0.500. The molecular formula is C6HBF9NaO6. The van der Waals surface area contributed by atoms with Crippen LogP contribution in [0.5, 0.6) is 0 Å². The van der Waals surface area contributed by atoms with E-state index >= 15 is 0 Å². The van der Waals surface area contributed by atoms with Crippen molar-refractivity contribution >= 4 is 25.2 Å². The van der Waals surface area contributed by atoms with Gasteiger partial charge in [-0.1, -0.05) is 0 Å². The molecule has 0 unspecified atom stereocenters. The van der Waals surface area contributed by atoms with Gasteiger partial charge in [0.05, 0.1) is 0 Å². The van der Waals surface area contributed by atoms with E-state index in [1.54, 1.807) is 0 Å². The normalized spacial score (nSPS) is 12.3. The summed E-state index contributed by atoms with van der Waals surface area (Å²) in [5.74, 6) is -10.0. The van der Waals surface area contributed by atoms with Crippen LogP contribution in [0, 0.1) is 0 Å². The molecule has 0 fully saturated rings. The number of alkyl halides is 9. The van der Waals surface area contributed by atoms with E-state index in [0.717, 1.165) is 0 Å². The first kappa shape index (κ1) is 24.1. The van der Waals surface area contributed by atoms with Crippen molar-refractivity contribution in [1.82, 2.24) is 0 Å². The Morgan fingerprint density at radius 1 is 0.565 bits per heavy atom. The molecule has 0 aromatic heterocycles. The molecule has 0 spiro atoms. The summed E-state index contributed by atoms with van der Waals surface area (Å²) in [7, 11) is -4.79. The van der Waals surface area contributed by atoms with E-state index in [9.17, 15) is 53.9 Å². The smallest absolute Gasteiger partial charge is 0.619 e. The second kappa shape index (κ2) is 8.10. The van der Waals surface area contributed by atoms with E-state index in [1.165, 1.54) is 0 Å². The molecule has 0 amide bonds. The zero-order chi connectivity index (χ0) is 17.9. The Morgan fingerprint density at radius 3 is 0.870 bits per heavy atom. The first-order valence-electron chi connectivity index (χ1n) is 4.54. The molecule has 0 saturated heterocycles. The van der Waals surface area contributed by atoms with Crippen molar-refractivity contribution in [3.8, 4) is 0 Å². The van der Waals surface area contributed by atoms with Gasteiger partial charge >= 0.3 is 73.3 Å². The fourth-order valence-corrected chi connectivity index (χ4v) is 0.655. The topological polar surface area (TPSA) is 78.9 Å². The van der Waals surface area contributed by atoms with Gasteiger partial charge in [-0.15, -0.1) is 0 Å². The molecule has 128 valence electrons. The van der Waals surface area contributed by atoms with Crippen molar-refractivity contribution in [1.29, 1.82) is 0 Å². The van der Waals surface area contributed by atoms with Crippen molar-refractivity contribution in [3.63, 3.8) is 0 Å². The second-order valence-corrected chi connectivity index (χ2v) is 3.14. The summed E-state index contributed by atoms with van der Waals surface area (Å²) in [6.45, 7) is 0. The molecule has 0 aliphatic heterocycles. The van der Waals surface area contributed by atoms with Crippen LogP contribution in [0.15, 0.2) is 0 Å². The number of hydrogen-bond donors (Lipinski definition) is 0. The van der Waals surface area contributed by atoms with E-state index in [4.69, 9.17) is 0 Å². The summed E-state index contributed by atoms with van der Waals surface area (Å²) >= 11 is 0. The summed E-state index contributed by atoms with van der Waals surface area (Å²) < 4.78 is 115. The van der Waals surface area contributed by atoms with Gasteiger partial charge in [-0.05, 0) is 0 Å². The number of hydrogen-bond acceptors (Lipinski definition) is 6. The van der Waals surface area contributed by atoms with Gasteiger partial charge in [0.25, 0.3) is 0 Å².